The summed E-state index contributed by atoms with van der Waals surface area (Å²) in [7, 11) is 1.59. The second-order valence-electron chi connectivity index (χ2n) is 9.39. The molecule has 2 aliphatic rings. The Balaban J connectivity index is 1.34. The number of carbonyl (C=O) groups is 2. The summed E-state index contributed by atoms with van der Waals surface area (Å²) < 4.78 is 11.1. The first kappa shape index (κ1) is 24.5. The Kier molecular flexibility index (Phi) is 7.34. The van der Waals surface area contributed by atoms with Crippen LogP contribution in [0, 0.1) is 12.8 Å². The number of carbonyl (C=O) groups excluding carboxylic acids is 2. The van der Waals surface area contributed by atoms with Crippen molar-refractivity contribution in [3.63, 3.8) is 0 Å². The van der Waals surface area contributed by atoms with Gasteiger partial charge in [-0.2, -0.15) is 0 Å². The van der Waals surface area contributed by atoms with Crippen molar-refractivity contribution in [2.75, 3.05) is 26.8 Å². The monoisotopic (exact) mass is 505 g/mol. The molecule has 2 heterocycles. The van der Waals surface area contributed by atoms with Crippen molar-refractivity contribution in [2.24, 2.45) is 5.92 Å². The van der Waals surface area contributed by atoms with Crippen LogP contribution in [0.3, 0.4) is 0 Å². The number of nitrogens with one attached hydrogen (secondary N) is 1. The second-order valence-corrected chi connectivity index (χ2v) is 10.3. The number of aromatic nitrogens is 1. The van der Waals surface area contributed by atoms with E-state index in [0.29, 0.717) is 18.8 Å². The maximum absolute atomic E-state index is 13.2. The summed E-state index contributed by atoms with van der Waals surface area (Å²) in [4.78, 5) is 31.9. The van der Waals surface area contributed by atoms with Crippen molar-refractivity contribution in [3.8, 4) is 5.75 Å². The number of nitrogens with zero attached hydrogens (tertiary/aromatic N) is 2. The number of methoxy groups -OCH3 is 1. The quantitative estimate of drug-likeness (QED) is 0.439. The standard InChI is InChI=1S/C28H31N3O4S/c1-18-3-5-20(6-4-18)26-23-15-22(10-9-19(23)11-13-31(26)28(33)21-7-8-21)35-16-25-30-24(17-36-25)27(32)29-12-14-34-2/h3-6,9-10,15,17,21,26H,7-8,11-14,16H2,1-2H3,(H,29,32)/t26-/m0/s1. The van der Waals surface area contributed by atoms with Crippen LogP contribution in [0.4, 0.5) is 0 Å². The molecule has 8 heteroatoms. The van der Waals surface area contributed by atoms with Gasteiger partial charge in [-0.1, -0.05) is 35.9 Å². The second kappa shape index (κ2) is 10.8. The maximum atomic E-state index is 13.2. The minimum absolute atomic E-state index is 0.117. The molecule has 1 aliphatic heterocycles. The van der Waals surface area contributed by atoms with Gasteiger partial charge in [0.2, 0.25) is 5.91 Å². The molecule has 1 aliphatic carbocycles. The SMILES string of the molecule is COCCNC(=O)c1csc(COc2ccc3c(c2)[C@H](c2ccc(C)cc2)N(C(=O)C2CC2)CC3)n1. The molecule has 0 spiro atoms. The number of ether oxygens (including phenoxy) is 2. The fourth-order valence-corrected chi connectivity index (χ4v) is 5.26. The van der Waals surface area contributed by atoms with Gasteiger partial charge < -0.3 is 19.7 Å². The van der Waals surface area contributed by atoms with Gasteiger partial charge in [0.05, 0.1) is 12.6 Å². The summed E-state index contributed by atoms with van der Waals surface area (Å²) in [6.45, 7) is 3.97. The maximum Gasteiger partial charge on any atom is 0.270 e. The van der Waals surface area contributed by atoms with Gasteiger partial charge in [-0.3, -0.25) is 9.59 Å². The van der Waals surface area contributed by atoms with Gasteiger partial charge in [-0.15, -0.1) is 11.3 Å². The zero-order valence-corrected chi connectivity index (χ0v) is 21.5. The normalized spacial score (nSPS) is 16.9. The zero-order valence-electron chi connectivity index (χ0n) is 20.7. The zero-order chi connectivity index (χ0) is 25.1. The minimum Gasteiger partial charge on any atom is -0.486 e. The molecule has 5 rings (SSSR count). The molecule has 0 saturated heterocycles. The molecule has 2 amide bonds. The van der Waals surface area contributed by atoms with Gasteiger partial charge in [0.15, 0.2) is 0 Å². The Morgan fingerprint density at radius 3 is 2.72 bits per heavy atom. The fraction of sp³-hybridized carbons (Fsp3) is 0.393. The lowest BCUT2D eigenvalue weighted by atomic mass is 9.87. The number of thiazole rings is 1. The Bertz CT molecular complexity index is 1240. The minimum atomic E-state index is -0.218. The molecule has 1 saturated carbocycles. The predicted octanol–water partition coefficient (Wildman–Crippen LogP) is 4.29. The molecule has 7 nitrogen and oxygen atoms in total. The van der Waals surface area contributed by atoms with E-state index in [1.807, 2.05) is 6.07 Å². The number of rotatable bonds is 9. The Morgan fingerprint density at radius 1 is 1.17 bits per heavy atom. The Morgan fingerprint density at radius 2 is 1.97 bits per heavy atom. The third-order valence-corrected chi connectivity index (χ3v) is 7.51. The van der Waals surface area contributed by atoms with E-state index in [1.54, 1.807) is 12.5 Å². The largest absolute Gasteiger partial charge is 0.486 e. The van der Waals surface area contributed by atoms with E-state index in [1.165, 1.54) is 22.5 Å². The van der Waals surface area contributed by atoms with Gasteiger partial charge in [-0.25, -0.2) is 4.98 Å². The predicted molar refractivity (Wildman–Crippen MR) is 138 cm³/mol. The highest BCUT2D eigenvalue weighted by molar-refractivity contribution is 7.09. The van der Waals surface area contributed by atoms with Gasteiger partial charge >= 0.3 is 0 Å². The summed E-state index contributed by atoms with van der Waals surface area (Å²) in [5, 5.41) is 5.24. The molecular formula is C28H31N3O4S. The van der Waals surface area contributed by atoms with Gasteiger partial charge in [-0.05, 0) is 55.0 Å². The third kappa shape index (κ3) is 5.44. The van der Waals surface area contributed by atoms with Gasteiger partial charge in [0, 0.05) is 31.5 Å². The molecule has 1 fully saturated rings. The van der Waals surface area contributed by atoms with Crippen LogP contribution >= 0.6 is 11.3 Å². The van der Waals surface area contributed by atoms with E-state index < -0.39 is 0 Å². The molecule has 1 atom stereocenters. The van der Waals surface area contributed by atoms with Crippen LogP contribution in [-0.2, 0) is 22.6 Å². The van der Waals surface area contributed by atoms with Gasteiger partial charge in [0.25, 0.3) is 5.91 Å². The van der Waals surface area contributed by atoms with E-state index >= 15 is 0 Å². The first-order valence-corrected chi connectivity index (χ1v) is 13.3. The van der Waals surface area contributed by atoms with Crippen LogP contribution in [0.2, 0.25) is 0 Å². The number of benzene rings is 2. The van der Waals surface area contributed by atoms with Crippen molar-refractivity contribution in [1.82, 2.24) is 15.2 Å². The highest BCUT2D eigenvalue weighted by Crippen LogP contribution is 2.41. The van der Waals surface area contributed by atoms with Crippen molar-refractivity contribution in [2.45, 2.75) is 38.8 Å². The molecule has 188 valence electrons. The molecule has 2 aromatic carbocycles. The van der Waals surface area contributed by atoms with Crippen molar-refractivity contribution in [3.05, 3.63) is 80.8 Å². The van der Waals surface area contributed by atoms with Crippen LogP contribution in [0.15, 0.2) is 47.8 Å². The topological polar surface area (TPSA) is 80.8 Å². The number of aryl methyl sites for hydroxylation is 1. The van der Waals surface area contributed by atoms with Crippen LogP contribution in [0.1, 0.15) is 56.6 Å². The molecule has 3 aromatic rings. The van der Waals surface area contributed by atoms with Crippen LogP contribution in [0.25, 0.3) is 0 Å². The highest BCUT2D eigenvalue weighted by atomic mass is 32.1. The molecule has 36 heavy (non-hydrogen) atoms. The summed E-state index contributed by atoms with van der Waals surface area (Å²) >= 11 is 1.40. The van der Waals surface area contributed by atoms with Crippen molar-refractivity contribution < 1.29 is 19.1 Å². The summed E-state index contributed by atoms with van der Waals surface area (Å²) in [6.07, 6.45) is 2.82. The van der Waals surface area contributed by atoms with Crippen molar-refractivity contribution >= 4 is 23.2 Å². The Hall–Kier alpha value is -3.23. The number of amides is 2. The molecule has 0 unspecified atom stereocenters. The first-order chi connectivity index (χ1) is 17.5. The summed E-state index contributed by atoms with van der Waals surface area (Å²) in [6, 6.07) is 14.5. The number of hydrogen-bond donors (Lipinski definition) is 1. The molecule has 0 bridgehead atoms. The third-order valence-electron chi connectivity index (χ3n) is 6.69. The smallest absolute Gasteiger partial charge is 0.270 e. The first-order valence-electron chi connectivity index (χ1n) is 12.4. The van der Waals surface area contributed by atoms with Crippen LogP contribution in [-0.4, -0.2) is 48.5 Å². The Labute approximate surface area is 215 Å². The lowest BCUT2D eigenvalue weighted by Gasteiger charge is -2.38. The number of hydrogen-bond acceptors (Lipinski definition) is 6. The average molecular weight is 506 g/mol. The highest BCUT2D eigenvalue weighted by Gasteiger charge is 2.39. The lowest BCUT2D eigenvalue weighted by Crippen LogP contribution is -2.41. The van der Waals surface area contributed by atoms with E-state index in [4.69, 9.17) is 9.47 Å². The average Bonchev–Trinajstić information content (AvgIpc) is 3.64. The van der Waals surface area contributed by atoms with E-state index in [2.05, 4.69) is 58.5 Å². The van der Waals surface area contributed by atoms with E-state index in [0.717, 1.165) is 47.7 Å². The number of fused-ring (bicyclic) bond motifs is 1. The molecule has 0 radical (unpaired) electrons. The summed E-state index contributed by atoms with van der Waals surface area (Å²) in [5.41, 5.74) is 5.07. The lowest BCUT2D eigenvalue weighted by molar-refractivity contribution is -0.134. The van der Waals surface area contributed by atoms with E-state index in [-0.39, 0.29) is 30.4 Å². The van der Waals surface area contributed by atoms with Crippen LogP contribution in [0.5, 0.6) is 5.75 Å². The fourth-order valence-electron chi connectivity index (χ4n) is 4.58. The van der Waals surface area contributed by atoms with E-state index in [9.17, 15) is 9.59 Å². The molecule has 1 aromatic heterocycles. The molecular weight excluding hydrogens is 474 g/mol. The van der Waals surface area contributed by atoms with Crippen LogP contribution < -0.4 is 10.1 Å². The molecule has 1 N–H and O–H groups in total. The summed E-state index contributed by atoms with van der Waals surface area (Å²) in [5.74, 6) is 0.943. The van der Waals surface area contributed by atoms with Gasteiger partial charge in [0.1, 0.15) is 23.1 Å². The van der Waals surface area contributed by atoms with Crippen molar-refractivity contribution in [1.29, 1.82) is 0 Å².